The Bertz CT molecular complexity index is 782. The molecule has 0 N–H and O–H groups in total. The molecular formula is C19H25N5O2. The van der Waals surface area contributed by atoms with Gasteiger partial charge in [0.2, 0.25) is 5.91 Å². The summed E-state index contributed by atoms with van der Waals surface area (Å²) in [6.45, 7) is 7.09. The van der Waals surface area contributed by atoms with Crippen LogP contribution in [0.3, 0.4) is 0 Å². The molecule has 0 atom stereocenters. The van der Waals surface area contributed by atoms with Gasteiger partial charge in [-0.15, -0.1) is 0 Å². The monoisotopic (exact) mass is 355 g/mol. The molecule has 0 unspecified atom stereocenters. The lowest BCUT2D eigenvalue weighted by Gasteiger charge is -2.34. The van der Waals surface area contributed by atoms with Crippen molar-refractivity contribution >= 4 is 5.91 Å². The quantitative estimate of drug-likeness (QED) is 0.780. The molecule has 1 saturated heterocycles. The zero-order valence-corrected chi connectivity index (χ0v) is 15.2. The first-order valence-corrected chi connectivity index (χ1v) is 9.16. The first kappa shape index (κ1) is 18.3. The average molecular weight is 355 g/mol. The molecule has 0 bridgehead atoms. The van der Waals surface area contributed by atoms with Crippen LogP contribution in [0.25, 0.3) is 11.3 Å². The summed E-state index contributed by atoms with van der Waals surface area (Å²) in [6, 6.07) is 6.95. The van der Waals surface area contributed by atoms with Gasteiger partial charge in [0.15, 0.2) is 0 Å². The van der Waals surface area contributed by atoms with Gasteiger partial charge in [0.25, 0.3) is 5.56 Å². The first-order valence-electron chi connectivity index (χ1n) is 9.16. The maximum atomic E-state index is 12.3. The fourth-order valence-corrected chi connectivity index (χ4v) is 3.14. The number of pyridine rings is 1. The minimum Gasteiger partial charge on any atom is -0.340 e. The highest BCUT2D eigenvalue weighted by molar-refractivity contribution is 5.76. The van der Waals surface area contributed by atoms with Crippen molar-refractivity contribution in [2.24, 2.45) is 0 Å². The van der Waals surface area contributed by atoms with Crippen LogP contribution in [0.2, 0.25) is 0 Å². The molecule has 1 aliphatic rings. The number of nitrogens with zero attached hydrogens (tertiary/aromatic N) is 5. The van der Waals surface area contributed by atoms with Crippen molar-refractivity contribution in [1.82, 2.24) is 24.6 Å². The smallest absolute Gasteiger partial charge is 0.266 e. The van der Waals surface area contributed by atoms with Crippen LogP contribution in [0.15, 0.2) is 41.5 Å². The molecule has 0 radical (unpaired) electrons. The molecule has 3 rings (SSSR count). The third-order valence-electron chi connectivity index (χ3n) is 4.78. The van der Waals surface area contributed by atoms with E-state index in [-0.39, 0.29) is 11.5 Å². The fourth-order valence-electron chi connectivity index (χ4n) is 3.14. The van der Waals surface area contributed by atoms with Crippen molar-refractivity contribution in [2.45, 2.75) is 26.3 Å². The van der Waals surface area contributed by atoms with Gasteiger partial charge in [0.1, 0.15) is 0 Å². The molecule has 3 heterocycles. The van der Waals surface area contributed by atoms with Gasteiger partial charge in [-0.3, -0.25) is 14.6 Å². The molecule has 1 amide bonds. The van der Waals surface area contributed by atoms with Gasteiger partial charge in [0.05, 0.1) is 5.69 Å². The van der Waals surface area contributed by atoms with E-state index in [4.69, 9.17) is 0 Å². The molecule has 1 fully saturated rings. The van der Waals surface area contributed by atoms with E-state index in [1.54, 1.807) is 18.5 Å². The zero-order valence-electron chi connectivity index (χ0n) is 15.2. The summed E-state index contributed by atoms with van der Waals surface area (Å²) in [4.78, 5) is 32.7. The van der Waals surface area contributed by atoms with Crippen LogP contribution >= 0.6 is 0 Å². The molecule has 26 heavy (non-hydrogen) atoms. The molecule has 0 aromatic carbocycles. The number of aryl methyl sites for hydroxylation is 1. The topological polar surface area (TPSA) is 71.3 Å². The Morgan fingerprint density at radius 1 is 1.08 bits per heavy atom. The summed E-state index contributed by atoms with van der Waals surface area (Å²) in [5, 5.41) is 4.42. The van der Waals surface area contributed by atoms with E-state index in [2.05, 4.69) is 21.9 Å². The van der Waals surface area contributed by atoms with Gasteiger partial charge in [-0.25, -0.2) is 4.68 Å². The molecule has 0 aliphatic carbocycles. The van der Waals surface area contributed by atoms with E-state index in [1.165, 1.54) is 10.7 Å². The Balaban J connectivity index is 1.55. The Kier molecular flexibility index (Phi) is 6.12. The molecule has 0 saturated carbocycles. The average Bonchev–Trinajstić information content (AvgIpc) is 2.70. The highest BCUT2D eigenvalue weighted by Gasteiger charge is 2.19. The maximum absolute atomic E-state index is 12.3. The summed E-state index contributed by atoms with van der Waals surface area (Å²) < 4.78 is 1.44. The Morgan fingerprint density at radius 3 is 2.50 bits per heavy atom. The predicted octanol–water partition coefficient (Wildman–Crippen LogP) is 1.25. The normalized spacial score (nSPS) is 15.2. The molecule has 1 aliphatic heterocycles. The van der Waals surface area contributed by atoms with Crippen LogP contribution < -0.4 is 5.56 Å². The standard InChI is InChI=1S/C19H25N5O2/c1-2-22-12-14-23(15-13-22)18(25)4-3-11-24-19(26)6-5-17(21-24)16-7-9-20-10-8-16/h5-10H,2-4,11-15H2,1H3. The molecule has 7 nitrogen and oxygen atoms in total. The summed E-state index contributed by atoms with van der Waals surface area (Å²) in [7, 11) is 0. The summed E-state index contributed by atoms with van der Waals surface area (Å²) in [5.41, 5.74) is 1.50. The van der Waals surface area contributed by atoms with Crippen LogP contribution in [-0.2, 0) is 11.3 Å². The van der Waals surface area contributed by atoms with Crippen molar-refractivity contribution in [3.63, 3.8) is 0 Å². The first-order chi connectivity index (χ1) is 12.7. The van der Waals surface area contributed by atoms with E-state index >= 15 is 0 Å². The van der Waals surface area contributed by atoms with Gasteiger partial charge in [0, 0.05) is 63.2 Å². The highest BCUT2D eigenvalue weighted by Crippen LogP contribution is 2.13. The van der Waals surface area contributed by atoms with E-state index in [0.29, 0.717) is 19.4 Å². The summed E-state index contributed by atoms with van der Waals surface area (Å²) in [5.74, 6) is 0.166. The lowest BCUT2D eigenvalue weighted by atomic mass is 10.2. The van der Waals surface area contributed by atoms with Crippen LogP contribution in [0.5, 0.6) is 0 Å². The lowest BCUT2D eigenvalue weighted by molar-refractivity contribution is -0.133. The number of aromatic nitrogens is 3. The Labute approximate surface area is 153 Å². The van der Waals surface area contributed by atoms with Crippen LogP contribution in [0, 0.1) is 0 Å². The molecule has 2 aromatic heterocycles. The van der Waals surface area contributed by atoms with Crippen LogP contribution in [-0.4, -0.2) is 63.2 Å². The second-order valence-corrected chi connectivity index (χ2v) is 6.43. The highest BCUT2D eigenvalue weighted by atomic mass is 16.2. The number of hydrogen-bond acceptors (Lipinski definition) is 5. The van der Waals surface area contributed by atoms with E-state index in [1.807, 2.05) is 17.0 Å². The summed E-state index contributed by atoms with van der Waals surface area (Å²) >= 11 is 0. The molecule has 2 aromatic rings. The van der Waals surface area contributed by atoms with Crippen LogP contribution in [0.1, 0.15) is 19.8 Å². The Hall–Kier alpha value is -2.54. The van der Waals surface area contributed by atoms with Crippen molar-refractivity contribution in [3.05, 3.63) is 47.0 Å². The second kappa shape index (κ2) is 8.71. The third-order valence-corrected chi connectivity index (χ3v) is 4.78. The number of piperazine rings is 1. The number of carbonyl (C=O) groups is 1. The number of amides is 1. The van der Waals surface area contributed by atoms with Gasteiger partial charge in [-0.05, 0) is 31.2 Å². The molecular weight excluding hydrogens is 330 g/mol. The third kappa shape index (κ3) is 4.54. The van der Waals surface area contributed by atoms with E-state index in [9.17, 15) is 9.59 Å². The van der Waals surface area contributed by atoms with Crippen molar-refractivity contribution < 1.29 is 4.79 Å². The lowest BCUT2D eigenvalue weighted by Crippen LogP contribution is -2.48. The van der Waals surface area contributed by atoms with E-state index < -0.39 is 0 Å². The Morgan fingerprint density at radius 2 is 1.81 bits per heavy atom. The minimum absolute atomic E-state index is 0.146. The van der Waals surface area contributed by atoms with Gasteiger partial charge in [-0.1, -0.05) is 6.92 Å². The minimum atomic E-state index is -0.146. The van der Waals surface area contributed by atoms with Crippen molar-refractivity contribution in [3.8, 4) is 11.3 Å². The van der Waals surface area contributed by atoms with Crippen molar-refractivity contribution in [2.75, 3.05) is 32.7 Å². The zero-order chi connectivity index (χ0) is 18.4. The fraction of sp³-hybridized carbons (Fsp3) is 0.474. The molecule has 0 spiro atoms. The SMILES string of the molecule is CCN1CCN(C(=O)CCCn2nc(-c3ccncc3)ccc2=O)CC1. The van der Waals surface area contributed by atoms with Crippen molar-refractivity contribution in [1.29, 1.82) is 0 Å². The largest absolute Gasteiger partial charge is 0.340 e. The number of carbonyl (C=O) groups excluding carboxylic acids is 1. The molecule has 138 valence electrons. The van der Waals surface area contributed by atoms with E-state index in [0.717, 1.165) is 44.0 Å². The number of rotatable bonds is 6. The number of likely N-dealkylation sites (N-methyl/N-ethyl adjacent to an activating group) is 1. The van der Waals surface area contributed by atoms with Crippen LogP contribution in [0.4, 0.5) is 0 Å². The molecule has 7 heteroatoms. The number of hydrogen-bond donors (Lipinski definition) is 0. The second-order valence-electron chi connectivity index (χ2n) is 6.43. The van der Waals surface area contributed by atoms with Gasteiger partial charge >= 0.3 is 0 Å². The maximum Gasteiger partial charge on any atom is 0.266 e. The predicted molar refractivity (Wildman–Crippen MR) is 99.7 cm³/mol. The van der Waals surface area contributed by atoms with Gasteiger partial charge < -0.3 is 9.80 Å². The summed E-state index contributed by atoms with van der Waals surface area (Å²) in [6.07, 6.45) is 4.45. The van der Waals surface area contributed by atoms with Gasteiger partial charge in [-0.2, -0.15) is 5.10 Å².